The van der Waals surface area contributed by atoms with Gasteiger partial charge in [-0.05, 0) is 43.7 Å². The Kier molecular flexibility index (Phi) is 4.58. The average Bonchev–Trinajstić information content (AvgIpc) is 2.78. The summed E-state index contributed by atoms with van der Waals surface area (Å²) in [6, 6.07) is 10.6. The molecule has 0 amide bonds. The maximum absolute atomic E-state index is 4.77. The molecule has 0 aliphatic carbocycles. The molecule has 0 bridgehead atoms. The number of hydrogen-bond donors (Lipinski definition) is 1. The molecule has 1 saturated heterocycles. The molecule has 3 heterocycles. The highest BCUT2D eigenvalue weighted by Crippen LogP contribution is 2.27. The number of pyridine rings is 2. The Labute approximate surface area is 126 Å². The van der Waals surface area contributed by atoms with Gasteiger partial charge >= 0.3 is 0 Å². The van der Waals surface area contributed by atoms with Crippen molar-refractivity contribution >= 4 is 0 Å². The normalized spacial score (nSPS) is 18.1. The van der Waals surface area contributed by atoms with Crippen LogP contribution in [0.2, 0.25) is 0 Å². The van der Waals surface area contributed by atoms with E-state index in [-0.39, 0.29) is 6.04 Å². The van der Waals surface area contributed by atoms with Crippen molar-refractivity contribution < 1.29 is 0 Å². The predicted octanol–water partition coefficient (Wildman–Crippen LogP) is 2.17. The molecule has 0 radical (unpaired) electrons. The summed E-state index contributed by atoms with van der Waals surface area (Å²) in [4.78, 5) is 11.6. The monoisotopic (exact) mass is 282 g/mol. The van der Waals surface area contributed by atoms with E-state index in [4.69, 9.17) is 4.98 Å². The van der Waals surface area contributed by atoms with Gasteiger partial charge in [0.2, 0.25) is 0 Å². The first-order valence-corrected chi connectivity index (χ1v) is 7.63. The van der Waals surface area contributed by atoms with Crippen LogP contribution in [0.25, 0.3) is 0 Å². The molecule has 0 spiro atoms. The molecule has 1 aliphatic heterocycles. The van der Waals surface area contributed by atoms with Gasteiger partial charge in [-0.25, -0.2) is 0 Å². The summed E-state index contributed by atoms with van der Waals surface area (Å²) >= 11 is 0. The molecule has 0 saturated carbocycles. The fourth-order valence-corrected chi connectivity index (χ4v) is 2.95. The van der Waals surface area contributed by atoms with Crippen molar-refractivity contribution in [2.75, 3.05) is 26.2 Å². The summed E-state index contributed by atoms with van der Waals surface area (Å²) in [5, 5.41) is 3.47. The summed E-state index contributed by atoms with van der Waals surface area (Å²) in [5.41, 5.74) is 3.40. The molecule has 1 unspecified atom stereocenters. The Morgan fingerprint density at radius 2 is 2.10 bits per heavy atom. The van der Waals surface area contributed by atoms with Crippen molar-refractivity contribution in [1.29, 1.82) is 0 Å². The smallest absolute Gasteiger partial charge is 0.0791 e. The van der Waals surface area contributed by atoms with E-state index in [1.165, 1.54) is 12.0 Å². The van der Waals surface area contributed by atoms with E-state index in [0.717, 1.165) is 37.6 Å². The van der Waals surface area contributed by atoms with Crippen LogP contribution < -0.4 is 5.32 Å². The molecule has 2 aromatic heterocycles. The van der Waals surface area contributed by atoms with Gasteiger partial charge in [0.05, 0.1) is 11.7 Å². The number of aromatic nitrogens is 2. The lowest BCUT2D eigenvalue weighted by atomic mass is 10.0. The first kappa shape index (κ1) is 14.2. The molecule has 4 nitrogen and oxygen atoms in total. The van der Waals surface area contributed by atoms with Crippen molar-refractivity contribution in [3.05, 3.63) is 59.7 Å². The predicted molar refractivity (Wildman–Crippen MR) is 84.1 cm³/mol. The zero-order valence-corrected chi connectivity index (χ0v) is 12.5. The molecule has 1 atom stereocenters. The molecule has 3 rings (SSSR count). The number of nitrogens with zero attached hydrogens (tertiary/aromatic N) is 3. The maximum Gasteiger partial charge on any atom is 0.0791 e. The van der Waals surface area contributed by atoms with E-state index < -0.39 is 0 Å². The Morgan fingerprint density at radius 3 is 2.90 bits per heavy atom. The first-order valence-electron chi connectivity index (χ1n) is 7.63. The second-order valence-electron chi connectivity index (χ2n) is 5.53. The molecule has 1 N–H and O–H groups in total. The summed E-state index contributed by atoms with van der Waals surface area (Å²) in [6.07, 6.45) is 4.96. The van der Waals surface area contributed by atoms with Gasteiger partial charge in [0.25, 0.3) is 0 Å². The standard InChI is InChI=1S/C17H22N4/c1-14-5-2-7-16(20-14)17(15-6-3-8-19-13-15)21-11-4-9-18-10-12-21/h2-3,5-8,13,17-18H,4,9-12H2,1H3. The second kappa shape index (κ2) is 6.78. The molecule has 110 valence electrons. The topological polar surface area (TPSA) is 41.1 Å². The van der Waals surface area contributed by atoms with Crippen LogP contribution in [0, 0.1) is 6.92 Å². The minimum Gasteiger partial charge on any atom is -0.315 e. The van der Waals surface area contributed by atoms with Crippen molar-refractivity contribution in [3.63, 3.8) is 0 Å². The Morgan fingerprint density at radius 1 is 1.14 bits per heavy atom. The Balaban J connectivity index is 1.98. The van der Waals surface area contributed by atoms with Crippen molar-refractivity contribution in [1.82, 2.24) is 20.2 Å². The van der Waals surface area contributed by atoms with E-state index in [0.29, 0.717) is 0 Å². The third-order valence-corrected chi connectivity index (χ3v) is 3.93. The van der Waals surface area contributed by atoms with Gasteiger partial charge in [-0.2, -0.15) is 0 Å². The molecular weight excluding hydrogens is 260 g/mol. The van der Waals surface area contributed by atoms with Crippen molar-refractivity contribution in [2.45, 2.75) is 19.4 Å². The summed E-state index contributed by atoms with van der Waals surface area (Å²) in [6.45, 7) is 6.30. The average molecular weight is 282 g/mol. The van der Waals surface area contributed by atoms with Crippen LogP contribution >= 0.6 is 0 Å². The maximum atomic E-state index is 4.77. The third-order valence-electron chi connectivity index (χ3n) is 3.93. The van der Waals surface area contributed by atoms with Crippen LogP contribution in [0.4, 0.5) is 0 Å². The van der Waals surface area contributed by atoms with E-state index >= 15 is 0 Å². The molecule has 2 aromatic rings. The van der Waals surface area contributed by atoms with Crippen LogP contribution in [-0.4, -0.2) is 41.0 Å². The lowest BCUT2D eigenvalue weighted by molar-refractivity contribution is 0.237. The van der Waals surface area contributed by atoms with Crippen molar-refractivity contribution in [2.24, 2.45) is 0 Å². The summed E-state index contributed by atoms with van der Waals surface area (Å²) < 4.78 is 0. The van der Waals surface area contributed by atoms with Crippen LogP contribution in [0.15, 0.2) is 42.7 Å². The molecule has 0 aromatic carbocycles. The number of rotatable bonds is 3. The van der Waals surface area contributed by atoms with Crippen LogP contribution in [0.1, 0.15) is 29.4 Å². The van der Waals surface area contributed by atoms with E-state index in [1.807, 2.05) is 31.5 Å². The van der Waals surface area contributed by atoms with Crippen LogP contribution in [0.3, 0.4) is 0 Å². The zero-order valence-electron chi connectivity index (χ0n) is 12.5. The molecule has 4 heteroatoms. The highest BCUT2D eigenvalue weighted by atomic mass is 15.2. The molecule has 1 aliphatic rings. The van der Waals surface area contributed by atoms with Gasteiger partial charge < -0.3 is 5.32 Å². The second-order valence-corrected chi connectivity index (χ2v) is 5.53. The van der Waals surface area contributed by atoms with Crippen molar-refractivity contribution in [3.8, 4) is 0 Å². The van der Waals surface area contributed by atoms with Crippen LogP contribution in [-0.2, 0) is 0 Å². The van der Waals surface area contributed by atoms with Gasteiger partial charge in [0.1, 0.15) is 0 Å². The SMILES string of the molecule is Cc1cccc(C(c2cccnc2)N2CCCNCC2)n1. The number of aryl methyl sites for hydroxylation is 1. The number of nitrogens with one attached hydrogen (secondary N) is 1. The lowest BCUT2D eigenvalue weighted by Crippen LogP contribution is -2.33. The fourth-order valence-electron chi connectivity index (χ4n) is 2.95. The van der Waals surface area contributed by atoms with Gasteiger partial charge in [-0.15, -0.1) is 0 Å². The van der Waals surface area contributed by atoms with Gasteiger partial charge in [0.15, 0.2) is 0 Å². The molecule has 21 heavy (non-hydrogen) atoms. The largest absolute Gasteiger partial charge is 0.315 e. The lowest BCUT2D eigenvalue weighted by Gasteiger charge is -2.30. The van der Waals surface area contributed by atoms with E-state index in [9.17, 15) is 0 Å². The highest BCUT2D eigenvalue weighted by molar-refractivity contribution is 5.26. The molecule has 1 fully saturated rings. The highest BCUT2D eigenvalue weighted by Gasteiger charge is 2.24. The van der Waals surface area contributed by atoms with Crippen LogP contribution in [0.5, 0.6) is 0 Å². The Hall–Kier alpha value is -1.78. The summed E-state index contributed by atoms with van der Waals surface area (Å²) in [7, 11) is 0. The van der Waals surface area contributed by atoms with E-state index in [2.05, 4.69) is 33.4 Å². The van der Waals surface area contributed by atoms with Gasteiger partial charge in [0, 0.05) is 37.7 Å². The third kappa shape index (κ3) is 3.46. The van der Waals surface area contributed by atoms with Gasteiger partial charge in [-0.3, -0.25) is 14.9 Å². The zero-order chi connectivity index (χ0) is 14.5. The quantitative estimate of drug-likeness (QED) is 0.937. The first-order chi connectivity index (χ1) is 10.3. The minimum atomic E-state index is 0.193. The fraction of sp³-hybridized carbons (Fsp3) is 0.412. The number of hydrogen-bond acceptors (Lipinski definition) is 4. The van der Waals surface area contributed by atoms with Gasteiger partial charge in [-0.1, -0.05) is 12.1 Å². The van der Waals surface area contributed by atoms with E-state index in [1.54, 1.807) is 0 Å². The minimum absolute atomic E-state index is 0.193. The molecular formula is C17H22N4. The Bertz CT molecular complexity index is 562. The summed E-state index contributed by atoms with van der Waals surface area (Å²) in [5.74, 6) is 0.